The quantitative estimate of drug-likeness (QED) is 0.653. The smallest absolute Gasteiger partial charge is 0.276 e. The maximum atomic E-state index is 12.1. The Kier molecular flexibility index (Phi) is 5.39. The highest BCUT2D eigenvalue weighted by Crippen LogP contribution is 2.14. The molecule has 122 valence electrons. The second-order valence-electron chi connectivity index (χ2n) is 5.41. The number of sulfonamides is 1. The van der Waals surface area contributed by atoms with Crippen molar-refractivity contribution in [3.8, 4) is 5.75 Å². The Hall–Kier alpha value is -2.34. The van der Waals surface area contributed by atoms with E-state index in [-0.39, 0.29) is 11.0 Å². The van der Waals surface area contributed by atoms with Gasteiger partial charge in [-0.3, -0.25) is 0 Å². The molecule has 0 aromatic heterocycles. The van der Waals surface area contributed by atoms with Crippen molar-refractivity contribution in [3.05, 3.63) is 59.7 Å². The Morgan fingerprint density at radius 3 is 2.48 bits per heavy atom. The minimum absolute atomic E-state index is 0.0715. The van der Waals surface area contributed by atoms with Crippen LogP contribution in [0, 0.1) is 6.92 Å². The van der Waals surface area contributed by atoms with Gasteiger partial charge in [-0.05, 0) is 50.6 Å². The van der Waals surface area contributed by atoms with Gasteiger partial charge in [-0.2, -0.15) is 13.5 Å². The van der Waals surface area contributed by atoms with Crippen molar-refractivity contribution in [2.45, 2.75) is 31.8 Å². The summed E-state index contributed by atoms with van der Waals surface area (Å²) in [6.45, 7) is 5.78. The fourth-order valence-electron chi connectivity index (χ4n) is 1.88. The van der Waals surface area contributed by atoms with Crippen LogP contribution in [0.2, 0.25) is 0 Å². The van der Waals surface area contributed by atoms with Crippen LogP contribution < -0.4 is 9.57 Å². The molecule has 0 atom stereocenters. The first-order valence-corrected chi connectivity index (χ1v) is 8.73. The van der Waals surface area contributed by atoms with Gasteiger partial charge < -0.3 is 4.74 Å². The number of aryl methyl sites for hydroxylation is 1. The summed E-state index contributed by atoms with van der Waals surface area (Å²) in [6.07, 6.45) is 1.51. The first-order chi connectivity index (χ1) is 10.9. The second-order valence-corrected chi connectivity index (χ2v) is 7.07. The van der Waals surface area contributed by atoms with E-state index in [1.807, 2.05) is 39.0 Å². The largest absolute Gasteiger partial charge is 0.491 e. The molecular formula is C17H20N2O3S. The highest BCUT2D eigenvalue weighted by Gasteiger charge is 2.11. The van der Waals surface area contributed by atoms with Gasteiger partial charge in [0.05, 0.1) is 17.2 Å². The summed E-state index contributed by atoms with van der Waals surface area (Å²) in [6, 6.07) is 13.9. The monoisotopic (exact) mass is 332 g/mol. The van der Waals surface area contributed by atoms with Gasteiger partial charge in [-0.1, -0.05) is 29.8 Å². The van der Waals surface area contributed by atoms with Crippen LogP contribution in [0.3, 0.4) is 0 Å². The van der Waals surface area contributed by atoms with Crippen molar-refractivity contribution >= 4 is 16.2 Å². The standard InChI is InChI=1S/C17H20N2O3S/c1-13(2)22-16-6-4-5-15(11-16)12-18-19-23(20,21)17-9-7-14(3)8-10-17/h4-13,19H,1-3H3/b18-12+. The molecule has 0 saturated carbocycles. The van der Waals surface area contributed by atoms with Crippen LogP contribution in [0.1, 0.15) is 25.0 Å². The third-order valence-electron chi connectivity index (χ3n) is 2.95. The summed E-state index contributed by atoms with van der Waals surface area (Å²) >= 11 is 0. The maximum absolute atomic E-state index is 12.1. The van der Waals surface area contributed by atoms with Crippen LogP contribution >= 0.6 is 0 Å². The molecule has 0 radical (unpaired) electrons. The van der Waals surface area contributed by atoms with Crippen molar-refractivity contribution < 1.29 is 13.2 Å². The number of hydrazone groups is 1. The second kappa shape index (κ2) is 7.28. The third-order valence-corrected chi connectivity index (χ3v) is 4.19. The zero-order chi connectivity index (χ0) is 16.9. The van der Waals surface area contributed by atoms with E-state index in [1.165, 1.54) is 6.21 Å². The summed E-state index contributed by atoms with van der Waals surface area (Å²) in [7, 11) is -3.66. The van der Waals surface area contributed by atoms with E-state index in [1.54, 1.807) is 30.3 Å². The molecule has 0 amide bonds. The van der Waals surface area contributed by atoms with Crippen LogP contribution in [-0.4, -0.2) is 20.7 Å². The average molecular weight is 332 g/mol. The molecule has 0 aliphatic carbocycles. The van der Waals surface area contributed by atoms with E-state index < -0.39 is 10.0 Å². The van der Waals surface area contributed by atoms with E-state index in [0.717, 1.165) is 11.1 Å². The highest BCUT2D eigenvalue weighted by atomic mass is 32.2. The fourth-order valence-corrected chi connectivity index (χ4v) is 2.67. The summed E-state index contributed by atoms with van der Waals surface area (Å²) < 4.78 is 29.8. The summed E-state index contributed by atoms with van der Waals surface area (Å²) in [4.78, 5) is 2.38. The molecule has 0 bridgehead atoms. The van der Waals surface area contributed by atoms with Crippen molar-refractivity contribution in [1.82, 2.24) is 4.83 Å². The Labute approximate surface area is 137 Å². The molecule has 0 fully saturated rings. The van der Waals surface area contributed by atoms with Gasteiger partial charge in [0.25, 0.3) is 10.0 Å². The first kappa shape index (κ1) is 17.0. The zero-order valence-corrected chi connectivity index (χ0v) is 14.2. The fraction of sp³-hybridized carbons (Fsp3) is 0.235. The minimum Gasteiger partial charge on any atom is -0.491 e. The molecule has 1 N–H and O–H groups in total. The lowest BCUT2D eigenvalue weighted by molar-refractivity contribution is 0.242. The Morgan fingerprint density at radius 2 is 1.83 bits per heavy atom. The number of nitrogens with zero attached hydrogens (tertiary/aromatic N) is 1. The Balaban J connectivity index is 2.07. The normalized spacial score (nSPS) is 11.8. The molecule has 2 rings (SSSR count). The molecule has 0 aliphatic rings. The molecule has 0 heterocycles. The summed E-state index contributed by atoms with van der Waals surface area (Å²) in [5.41, 5.74) is 1.74. The molecule has 23 heavy (non-hydrogen) atoms. The molecular weight excluding hydrogens is 312 g/mol. The third kappa shape index (κ3) is 5.10. The highest BCUT2D eigenvalue weighted by molar-refractivity contribution is 7.89. The molecule has 0 unspecified atom stereocenters. The van der Waals surface area contributed by atoms with Gasteiger partial charge in [0.2, 0.25) is 0 Å². The topological polar surface area (TPSA) is 67.8 Å². The van der Waals surface area contributed by atoms with Crippen molar-refractivity contribution in [2.24, 2.45) is 5.10 Å². The van der Waals surface area contributed by atoms with Crippen molar-refractivity contribution in [3.63, 3.8) is 0 Å². The Bertz CT molecular complexity index is 782. The van der Waals surface area contributed by atoms with E-state index in [0.29, 0.717) is 5.75 Å². The molecule has 0 saturated heterocycles. The van der Waals surface area contributed by atoms with Crippen LogP contribution in [0.5, 0.6) is 5.75 Å². The predicted octanol–water partition coefficient (Wildman–Crippen LogP) is 3.09. The summed E-state index contributed by atoms with van der Waals surface area (Å²) in [5.74, 6) is 0.713. The molecule has 0 aliphatic heterocycles. The molecule has 6 heteroatoms. The molecule has 2 aromatic rings. The first-order valence-electron chi connectivity index (χ1n) is 7.25. The lowest BCUT2D eigenvalue weighted by Gasteiger charge is -2.09. The van der Waals surface area contributed by atoms with Gasteiger partial charge in [0.1, 0.15) is 5.75 Å². The van der Waals surface area contributed by atoms with Crippen LogP contribution in [0.15, 0.2) is 58.5 Å². The number of hydrogen-bond acceptors (Lipinski definition) is 4. The SMILES string of the molecule is Cc1ccc(S(=O)(=O)N/N=C/c2cccc(OC(C)C)c2)cc1. The lowest BCUT2D eigenvalue weighted by Crippen LogP contribution is -2.18. The molecule has 2 aromatic carbocycles. The van der Waals surface area contributed by atoms with E-state index in [4.69, 9.17) is 4.74 Å². The maximum Gasteiger partial charge on any atom is 0.276 e. The molecule has 5 nitrogen and oxygen atoms in total. The predicted molar refractivity (Wildman–Crippen MR) is 91.3 cm³/mol. The number of rotatable bonds is 6. The van der Waals surface area contributed by atoms with Gasteiger partial charge >= 0.3 is 0 Å². The van der Waals surface area contributed by atoms with E-state index >= 15 is 0 Å². The summed E-state index contributed by atoms with van der Waals surface area (Å²) in [5, 5.41) is 3.81. The number of nitrogens with one attached hydrogen (secondary N) is 1. The van der Waals surface area contributed by atoms with Crippen LogP contribution in [-0.2, 0) is 10.0 Å². The van der Waals surface area contributed by atoms with Gasteiger partial charge in [0.15, 0.2) is 0 Å². The van der Waals surface area contributed by atoms with Gasteiger partial charge in [-0.15, -0.1) is 0 Å². The van der Waals surface area contributed by atoms with Crippen molar-refractivity contribution in [2.75, 3.05) is 0 Å². The van der Waals surface area contributed by atoms with Gasteiger partial charge in [-0.25, -0.2) is 4.83 Å². The van der Waals surface area contributed by atoms with Crippen LogP contribution in [0.4, 0.5) is 0 Å². The minimum atomic E-state index is -3.66. The lowest BCUT2D eigenvalue weighted by atomic mass is 10.2. The molecule has 0 spiro atoms. The van der Waals surface area contributed by atoms with Crippen molar-refractivity contribution in [1.29, 1.82) is 0 Å². The number of ether oxygens (including phenoxy) is 1. The zero-order valence-electron chi connectivity index (χ0n) is 13.4. The van der Waals surface area contributed by atoms with E-state index in [9.17, 15) is 8.42 Å². The van der Waals surface area contributed by atoms with Crippen LogP contribution in [0.25, 0.3) is 0 Å². The average Bonchev–Trinajstić information content (AvgIpc) is 2.47. The Morgan fingerprint density at radius 1 is 1.13 bits per heavy atom. The number of hydrogen-bond donors (Lipinski definition) is 1. The van der Waals surface area contributed by atoms with E-state index in [2.05, 4.69) is 9.93 Å². The number of benzene rings is 2. The van der Waals surface area contributed by atoms with Gasteiger partial charge in [0, 0.05) is 0 Å².